The van der Waals surface area contributed by atoms with Gasteiger partial charge in [-0.1, -0.05) is 257 Å². The van der Waals surface area contributed by atoms with Gasteiger partial charge >= 0.3 is 0 Å². The smallest absolute Gasteiger partial charge is 0.220 e. The Labute approximate surface area is 346 Å². The molecule has 0 spiro atoms. The predicted molar refractivity (Wildman–Crippen MR) is 244 cm³/mol. The summed E-state index contributed by atoms with van der Waals surface area (Å²) in [6.45, 7) is 4.39. The summed E-state index contributed by atoms with van der Waals surface area (Å²) in [5, 5.41) is 23.3. The fourth-order valence-electron chi connectivity index (χ4n) is 8.12. The molecule has 0 radical (unpaired) electrons. The van der Waals surface area contributed by atoms with Crippen molar-refractivity contribution in [2.45, 2.75) is 302 Å². The van der Waals surface area contributed by atoms with E-state index in [-0.39, 0.29) is 12.5 Å². The van der Waals surface area contributed by atoms with Crippen molar-refractivity contribution in [3.8, 4) is 0 Å². The summed E-state index contributed by atoms with van der Waals surface area (Å²) in [7, 11) is 0. The fraction of sp³-hybridized carbons (Fsp3) is 0.941. The van der Waals surface area contributed by atoms with Crippen LogP contribution in [0.15, 0.2) is 12.2 Å². The first kappa shape index (κ1) is 54.1. The molecule has 4 heteroatoms. The normalized spacial score (nSPS) is 12.9. The number of rotatable bonds is 47. The van der Waals surface area contributed by atoms with Crippen molar-refractivity contribution in [3.05, 3.63) is 12.2 Å². The van der Waals surface area contributed by atoms with Gasteiger partial charge in [-0.25, -0.2) is 0 Å². The minimum absolute atomic E-state index is 0.0264. The monoisotopic (exact) mass is 776 g/mol. The lowest BCUT2D eigenvalue weighted by Crippen LogP contribution is -2.45. The molecule has 55 heavy (non-hydrogen) atoms. The second kappa shape index (κ2) is 47.5. The van der Waals surface area contributed by atoms with E-state index in [2.05, 4.69) is 31.3 Å². The number of hydrogen-bond donors (Lipinski definition) is 3. The van der Waals surface area contributed by atoms with E-state index in [1.165, 1.54) is 238 Å². The number of allylic oxidation sites excluding steroid dienone is 2. The highest BCUT2D eigenvalue weighted by Gasteiger charge is 2.20. The zero-order valence-electron chi connectivity index (χ0n) is 37.7. The van der Waals surface area contributed by atoms with Crippen molar-refractivity contribution in [2.75, 3.05) is 6.61 Å². The molecular weight excluding hydrogens is 675 g/mol. The van der Waals surface area contributed by atoms with Crippen LogP contribution in [0, 0.1) is 0 Å². The average Bonchev–Trinajstić information content (AvgIpc) is 3.19. The third-order valence-electron chi connectivity index (χ3n) is 12.0. The molecule has 3 N–H and O–H groups in total. The van der Waals surface area contributed by atoms with E-state index in [4.69, 9.17) is 0 Å². The Balaban J connectivity index is 3.44. The molecule has 0 saturated carbocycles. The van der Waals surface area contributed by atoms with Gasteiger partial charge in [0.25, 0.3) is 0 Å². The van der Waals surface area contributed by atoms with Gasteiger partial charge in [0.15, 0.2) is 0 Å². The summed E-state index contributed by atoms with van der Waals surface area (Å²) in [6.07, 6.45) is 60.3. The van der Waals surface area contributed by atoms with Gasteiger partial charge in [0.05, 0.1) is 18.8 Å². The molecule has 2 unspecified atom stereocenters. The number of aliphatic hydroxyl groups is 2. The molecule has 0 aromatic heterocycles. The van der Waals surface area contributed by atoms with E-state index in [1.54, 1.807) is 0 Å². The molecule has 0 aliphatic carbocycles. The number of unbranched alkanes of at least 4 members (excludes halogenated alkanes) is 38. The van der Waals surface area contributed by atoms with Gasteiger partial charge in [-0.3, -0.25) is 4.79 Å². The van der Waals surface area contributed by atoms with Crippen molar-refractivity contribution in [2.24, 2.45) is 0 Å². The molecular formula is C51H101NO3. The van der Waals surface area contributed by atoms with Gasteiger partial charge in [0.1, 0.15) is 0 Å². The number of amides is 1. The maximum absolute atomic E-state index is 12.5. The molecule has 0 fully saturated rings. The minimum Gasteiger partial charge on any atom is -0.394 e. The van der Waals surface area contributed by atoms with E-state index in [0.717, 1.165) is 25.7 Å². The molecule has 0 aromatic carbocycles. The van der Waals surface area contributed by atoms with Gasteiger partial charge in [0.2, 0.25) is 5.91 Å². The Morgan fingerprint density at radius 3 is 1.00 bits per heavy atom. The molecule has 4 nitrogen and oxygen atoms in total. The second-order valence-corrected chi connectivity index (χ2v) is 17.6. The van der Waals surface area contributed by atoms with Crippen molar-refractivity contribution in [3.63, 3.8) is 0 Å². The topological polar surface area (TPSA) is 69.6 Å². The lowest BCUT2D eigenvalue weighted by Gasteiger charge is -2.22. The number of carbonyl (C=O) groups is 1. The first-order valence-corrected chi connectivity index (χ1v) is 25.4. The highest BCUT2D eigenvalue weighted by molar-refractivity contribution is 5.76. The van der Waals surface area contributed by atoms with E-state index in [9.17, 15) is 15.0 Å². The number of hydrogen-bond acceptors (Lipinski definition) is 3. The Hall–Kier alpha value is -0.870. The molecule has 0 aliphatic rings. The SMILES string of the molecule is CCCCCCCCCC/C=C\CCCCCCCCCCCCCCCC(=O)NC(CO)C(O)CCCCCCCCCCCCCCCCCCCC. The quantitative estimate of drug-likeness (QED) is 0.0426. The zero-order valence-corrected chi connectivity index (χ0v) is 37.7. The molecule has 0 bridgehead atoms. The van der Waals surface area contributed by atoms with Crippen molar-refractivity contribution in [1.82, 2.24) is 5.32 Å². The number of nitrogens with one attached hydrogen (secondary N) is 1. The van der Waals surface area contributed by atoms with Crippen LogP contribution in [0.5, 0.6) is 0 Å². The summed E-state index contributed by atoms with van der Waals surface area (Å²) in [4.78, 5) is 12.5. The Morgan fingerprint density at radius 1 is 0.418 bits per heavy atom. The van der Waals surface area contributed by atoms with Crippen LogP contribution in [-0.2, 0) is 4.79 Å². The largest absolute Gasteiger partial charge is 0.394 e. The van der Waals surface area contributed by atoms with E-state index < -0.39 is 12.1 Å². The lowest BCUT2D eigenvalue weighted by atomic mass is 10.0. The first-order valence-electron chi connectivity index (χ1n) is 25.4. The maximum Gasteiger partial charge on any atom is 0.220 e. The molecule has 0 heterocycles. The molecule has 0 aromatic rings. The fourth-order valence-corrected chi connectivity index (χ4v) is 8.12. The van der Waals surface area contributed by atoms with Crippen LogP contribution in [-0.4, -0.2) is 34.9 Å². The molecule has 1 amide bonds. The Kier molecular flexibility index (Phi) is 46.8. The van der Waals surface area contributed by atoms with E-state index in [0.29, 0.717) is 12.8 Å². The third kappa shape index (κ3) is 44.1. The van der Waals surface area contributed by atoms with Gasteiger partial charge < -0.3 is 15.5 Å². The van der Waals surface area contributed by atoms with Gasteiger partial charge in [0, 0.05) is 6.42 Å². The molecule has 0 saturated heterocycles. The lowest BCUT2D eigenvalue weighted by molar-refractivity contribution is -0.123. The number of carbonyl (C=O) groups excluding carboxylic acids is 1. The minimum atomic E-state index is -0.656. The summed E-state index contributed by atoms with van der Waals surface area (Å²) in [5.74, 6) is -0.0264. The first-order chi connectivity index (χ1) is 27.2. The zero-order chi connectivity index (χ0) is 40.0. The highest BCUT2D eigenvalue weighted by atomic mass is 16.3. The van der Waals surface area contributed by atoms with Crippen LogP contribution in [0.2, 0.25) is 0 Å². The molecule has 2 atom stereocenters. The van der Waals surface area contributed by atoms with Crippen LogP contribution in [0.4, 0.5) is 0 Å². The van der Waals surface area contributed by atoms with Crippen LogP contribution in [0.3, 0.4) is 0 Å². The van der Waals surface area contributed by atoms with Crippen LogP contribution in [0.25, 0.3) is 0 Å². The average molecular weight is 776 g/mol. The van der Waals surface area contributed by atoms with Crippen molar-refractivity contribution in [1.29, 1.82) is 0 Å². The second-order valence-electron chi connectivity index (χ2n) is 17.6. The van der Waals surface area contributed by atoms with Gasteiger partial charge in [-0.2, -0.15) is 0 Å². The van der Waals surface area contributed by atoms with Crippen LogP contribution >= 0.6 is 0 Å². The number of aliphatic hydroxyl groups excluding tert-OH is 2. The molecule has 0 aliphatic heterocycles. The predicted octanol–water partition coefficient (Wildman–Crippen LogP) is 16.2. The highest BCUT2D eigenvalue weighted by Crippen LogP contribution is 2.17. The van der Waals surface area contributed by atoms with E-state index >= 15 is 0 Å². The Morgan fingerprint density at radius 2 is 0.691 bits per heavy atom. The summed E-state index contributed by atoms with van der Waals surface area (Å²) in [6, 6.07) is -0.533. The van der Waals surface area contributed by atoms with Crippen molar-refractivity contribution >= 4 is 5.91 Å². The summed E-state index contributed by atoms with van der Waals surface area (Å²) in [5.41, 5.74) is 0. The molecule has 0 rings (SSSR count). The summed E-state index contributed by atoms with van der Waals surface area (Å²) >= 11 is 0. The Bertz CT molecular complexity index is 754. The van der Waals surface area contributed by atoms with Crippen LogP contribution in [0.1, 0.15) is 290 Å². The maximum atomic E-state index is 12.5. The van der Waals surface area contributed by atoms with E-state index in [1.807, 2.05) is 0 Å². The van der Waals surface area contributed by atoms with Gasteiger partial charge in [-0.05, 0) is 38.5 Å². The molecule has 328 valence electrons. The summed E-state index contributed by atoms with van der Waals surface area (Å²) < 4.78 is 0. The van der Waals surface area contributed by atoms with Crippen molar-refractivity contribution < 1.29 is 15.0 Å². The van der Waals surface area contributed by atoms with Gasteiger partial charge in [-0.15, -0.1) is 0 Å². The standard InChI is InChI=1S/C51H101NO3/c1-3-5-7-9-11-13-15-17-19-21-23-24-25-26-27-28-29-31-33-35-37-39-41-43-45-47-51(55)52-49(48-53)50(54)46-44-42-40-38-36-34-32-30-22-20-18-16-14-12-10-8-6-4-2/h21,23,49-50,53-54H,3-20,22,24-48H2,1-2H3,(H,52,55)/b23-21-. The van der Waals surface area contributed by atoms with Crippen LogP contribution < -0.4 is 5.32 Å². The third-order valence-corrected chi connectivity index (χ3v) is 12.0.